The molecule has 0 aromatic heterocycles. The first-order chi connectivity index (χ1) is 54.2. The Morgan fingerprint density at radius 2 is 0.765 bits per heavy atom. The standard InChI is InChI=1S/C78H136N20O21/c1-27-78(26,69(118)88-46(30-32-52(79)101)58(107)86-50(38-99)41(6)7)97-68(117)76(22,23)95-60(109)48(35-39(2)3)85-62(111)51-29-28-34-98(51)70(119)77(24,25)92-57(106)44(10)83-55(104)42(8)82-56(105)43(9)84-64(113)74(18,19)96-67(116)75(20,21)93-59(108)47(31-33-53(80)102)87-66(115)73(16,17)94-61(110)49(36-40(4)5)89-65(114)72(14,15)91-54(103)37-81-63(112)71(12,13)90-45(11)100/h39-44,46-51,99H,27-38H2,1-26H3,(H2,79,101)(H2,80,102)(H,81,112)(H,82,105)(H,83,104)(H,84,113)(H,85,111)(H,86,107)(H,87,115)(H,88,118)(H,89,114)(H,90,100)(H,91,103)(H,92,106)(H,93,108)(H,94,110)(H,95,109)(H,96,116)(H,97,117). The molecule has 22 N–H and O–H groups in total. The van der Waals surface area contributed by atoms with Crippen LogP contribution >= 0.6 is 0 Å². The highest BCUT2D eigenvalue weighted by Crippen LogP contribution is 2.24. The molecule has 10 unspecified atom stereocenters. The number of primary amides is 2. The second-order valence-corrected chi connectivity index (χ2v) is 35.6. The number of carbonyl (C=O) groups is 20. The van der Waals surface area contributed by atoms with E-state index in [9.17, 15) is 101 Å². The summed E-state index contributed by atoms with van der Waals surface area (Å²) < 4.78 is 0. The van der Waals surface area contributed by atoms with Crippen LogP contribution in [0, 0.1) is 17.8 Å². The van der Waals surface area contributed by atoms with Gasteiger partial charge in [-0.1, -0.05) is 48.5 Å². The molecule has 0 aromatic carbocycles. The number of hydrogen-bond donors (Lipinski definition) is 20. The van der Waals surface area contributed by atoms with Gasteiger partial charge in [0.1, 0.15) is 92.6 Å². The smallest absolute Gasteiger partial charge is 0.248 e. The molecule has 1 aliphatic rings. The molecule has 119 heavy (non-hydrogen) atoms. The van der Waals surface area contributed by atoms with Gasteiger partial charge in [-0.15, -0.1) is 0 Å². The van der Waals surface area contributed by atoms with Crippen molar-refractivity contribution in [3.8, 4) is 0 Å². The Hall–Kier alpha value is -10.6. The summed E-state index contributed by atoms with van der Waals surface area (Å²) in [5, 5.41) is 53.0. The molecule has 674 valence electrons. The topological polar surface area (TPSA) is 621 Å². The summed E-state index contributed by atoms with van der Waals surface area (Å²) in [7, 11) is 0. The van der Waals surface area contributed by atoms with E-state index in [4.69, 9.17) is 11.5 Å². The second kappa shape index (κ2) is 44.4. The fourth-order valence-corrected chi connectivity index (χ4v) is 11.7. The molecule has 0 radical (unpaired) electrons. The third kappa shape index (κ3) is 34.0. The van der Waals surface area contributed by atoms with Crippen molar-refractivity contribution >= 4 is 118 Å². The maximum Gasteiger partial charge on any atom is 0.248 e. The molecule has 41 nitrogen and oxygen atoms in total. The predicted molar refractivity (Wildman–Crippen MR) is 436 cm³/mol. The van der Waals surface area contributed by atoms with Crippen LogP contribution in [-0.4, -0.2) is 247 Å². The first kappa shape index (κ1) is 106. The van der Waals surface area contributed by atoms with Crippen LogP contribution in [0.25, 0.3) is 0 Å². The molecule has 10 atom stereocenters. The summed E-state index contributed by atoms with van der Waals surface area (Å²) in [6.45, 7) is 36.4. The molecule has 0 bridgehead atoms. The maximum absolute atomic E-state index is 14.3. The number of nitrogens with zero attached hydrogens (tertiary/aromatic N) is 1. The van der Waals surface area contributed by atoms with Crippen molar-refractivity contribution in [3.05, 3.63) is 0 Å². The normalized spacial score (nSPS) is 15.9. The van der Waals surface area contributed by atoms with E-state index in [-0.39, 0.29) is 62.8 Å². The summed E-state index contributed by atoms with van der Waals surface area (Å²) in [6, 6.07) is -11.3. The molecular formula is C78H136N20O21. The predicted octanol–water partition coefficient (Wildman–Crippen LogP) is -4.13. The first-order valence-corrected chi connectivity index (χ1v) is 39.9. The monoisotopic (exact) mass is 1690 g/mol. The lowest BCUT2D eigenvalue weighted by Gasteiger charge is -2.36. The van der Waals surface area contributed by atoms with Crippen molar-refractivity contribution < 1.29 is 101 Å². The molecule has 1 fully saturated rings. The third-order valence-electron chi connectivity index (χ3n) is 19.7. The van der Waals surface area contributed by atoms with Gasteiger partial charge in [-0.25, -0.2) is 0 Å². The Morgan fingerprint density at radius 1 is 0.395 bits per heavy atom. The Morgan fingerprint density at radius 3 is 1.20 bits per heavy atom. The SMILES string of the molecule is CCC(C)(NC(=O)C(C)(C)NC(=O)C(CC(C)C)NC(=O)C1CCCN1C(=O)C(C)(C)NC(=O)C(C)NC(=O)C(C)NC(=O)C(C)NC(=O)C(C)(C)NC(=O)C(C)(C)NC(=O)C(CCC(N)=O)NC(=O)C(C)(C)NC(=O)C(CC(C)C)NC(=O)C(C)(C)NC(=O)CNC(=O)C(C)(C)NC(C)=O)C(=O)NC(CCC(N)=O)C(=O)NC(CO)C(C)C. The number of nitrogens with one attached hydrogen (secondary N) is 17. The lowest BCUT2D eigenvalue weighted by molar-refractivity contribution is -0.145. The van der Waals surface area contributed by atoms with Crippen LogP contribution in [-0.2, 0) is 95.9 Å². The van der Waals surface area contributed by atoms with Crippen LogP contribution in [0.5, 0.6) is 0 Å². The highest BCUT2D eigenvalue weighted by atomic mass is 16.3. The molecule has 1 saturated heterocycles. The zero-order valence-corrected chi connectivity index (χ0v) is 74.1. The van der Waals surface area contributed by atoms with Gasteiger partial charge in [-0.2, -0.15) is 0 Å². The Labute approximate surface area is 697 Å². The Bertz CT molecular complexity index is 3760. The minimum atomic E-state index is -1.89. The van der Waals surface area contributed by atoms with Crippen molar-refractivity contribution in [2.45, 2.75) is 336 Å². The summed E-state index contributed by atoms with van der Waals surface area (Å²) in [5.41, 5.74) is -2.99. The van der Waals surface area contributed by atoms with E-state index < -0.39 is 243 Å². The average molecular weight is 1690 g/mol. The van der Waals surface area contributed by atoms with Crippen LogP contribution in [0.1, 0.15) is 238 Å². The van der Waals surface area contributed by atoms with Crippen LogP contribution < -0.4 is 102 Å². The number of rotatable bonds is 47. The van der Waals surface area contributed by atoms with E-state index in [2.05, 4.69) is 90.4 Å². The van der Waals surface area contributed by atoms with Crippen LogP contribution in [0.4, 0.5) is 0 Å². The zero-order valence-electron chi connectivity index (χ0n) is 74.1. The number of nitrogens with two attached hydrogens (primary N) is 2. The molecule has 1 rings (SSSR count). The molecule has 20 amide bonds. The molecule has 1 heterocycles. The lowest BCUT2D eigenvalue weighted by Crippen LogP contribution is -2.66. The summed E-state index contributed by atoms with van der Waals surface area (Å²) in [4.78, 5) is 270. The summed E-state index contributed by atoms with van der Waals surface area (Å²) in [6.07, 6.45) is -0.756. The lowest BCUT2D eigenvalue weighted by atomic mass is 9.93. The second-order valence-electron chi connectivity index (χ2n) is 35.6. The zero-order chi connectivity index (χ0) is 92.6. The highest BCUT2D eigenvalue weighted by molar-refractivity contribution is 6.04. The molecule has 0 aliphatic carbocycles. The van der Waals surface area contributed by atoms with E-state index in [1.54, 1.807) is 48.5 Å². The molecule has 1 aliphatic heterocycles. The largest absolute Gasteiger partial charge is 0.394 e. The van der Waals surface area contributed by atoms with Crippen LogP contribution in [0.15, 0.2) is 0 Å². The van der Waals surface area contributed by atoms with E-state index >= 15 is 0 Å². The van der Waals surface area contributed by atoms with Crippen molar-refractivity contribution in [2.75, 3.05) is 19.7 Å². The first-order valence-electron chi connectivity index (χ1n) is 39.9. The summed E-state index contributed by atoms with van der Waals surface area (Å²) in [5.74, 6) is -16.9. The average Bonchev–Trinajstić information content (AvgIpc) is 1.59. The van der Waals surface area contributed by atoms with E-state index in [1.165, 1.54) is 136 Å². The van der Waals surface area contributed by atoms with Gasteiger partial charge in [0.25, 0.3) is 0 Å². The van der Waals surface area contributed by atoms with E-state index in [0.29, 0.717) is 6.42 Å². The number of likely N-dealkylation sites (tertiary alicyclic amines) is 1. The van der Waals surface area contributed by atoms with Gasteiger partial charge in [-0.3, -0.25) is 95.9 Å². The Balaban J connectivity index is 3.12. The van der Waals surface area contributed by atoms with Crippen molar-refractivity contribution in [2.24, 2.45) is 29.2 Å². The fourth-order valence-electron chi connectivity index (χ4n) is 11.7. The Kier molecular flexibility index (Phi) is 39.7. The van der Waals surface area contributed by atoms with Crippen molar-refractivity contribution in [3.63, 3.8) is 0 Å². The quantitative estimate of drug-likeness (QED) is 0.0275. The molecule has 41 heteroatoms. The number of carbonyl (C=O) groups excluding carboxylic acids is 20. The van der Waals surface area contributed by atoms with Gasteiger partial charge in [0.05, 0.1) is 19.2 Å². The van der Waals surface area contributed by atoms with Gasteiger partial charge < -0.3 is 112 Å². The van der Waals surface area contributed by atoms with Gasteiger partial charge in [0.15, 0.2) is 0 Å². The minimum absolute atomic E-state index is 0.0143. The number of aliphatic hydroxyl groups is 1. The van der Waals surface area contributed by atoms with E-state index in [0.717, 1.165) is 0 Å². The number of hydrogen-bond acceptors (Lipinski definition) is 21. The third-order valence-corrected chi connectivity index (χ3v) is 19.7. The summed E-state index contributed by atoms with van der Waals surface area (Å²) >= 11 is 0. The van der Waals surface area contributed by atoms with Gasteiger partial charge in [0, 0.05) is 26.3 Å². The molecule has 0 aromatic rings. The van der Waals surface area contributed by atoms with Gasteiger partial charge in [0.2, 0.25) is 118 Å². The van der Waals surface area contributed by atoms with Crippen LogP contribution in [0.2, 0.25) is 0 Å². The fraction of sp³-hybridized carbons (Fsp3) is 0.744. The van der Waals surface area contributed by atoms with Gasteiger partial charge >= 0.3 is 0 Å². The molecular weight excluding hydrogens is 1550 g/mol. The van der Waals surface area contributed by atoms with E-state index in [1.807, 2.05) is 0 Å². The molecule has 0 spiro atoms. The van der Waals surface area contributed by atoms with Crippen LogP contribution in [0.3, 0.4) is 0 Å². The number of aliphatic hydroxyl groups excluding tert-OH is 1. The minimum Gasteiger partial charge on any atom is -0.394 e. The van der Waals surface area contributed by atoms with Crippen molar-refractivity contribution in [1.29, 1.82) is 0 Å². The molecule has 0 saturated carbocycles. The number of amides is 20. The highest BCUT2D eigenvalue weighted by Gasteiger charge is 2.47. The maximum atomic E-state index is 14.3. The van der Waals surface area contributed by atoms with Gasteiger partial charge in [-0.05, 0) is 187 Å². The van der Waals surface area contributed by atoms with Crippen molar-refractivity contribution in [1.82, 2.24) is 95.3 Å².